The first-order valence-corrected chi connectivity index (χ1v) is 7.79. The summed E-state index contributed by atoms with van der Waals surface area (Å²) in [4.78, 5) is 23.8. The Balaban J connectivity index is 1.94. The molecule has 0 aliphatic rings. The Bertz CT molecular complexity index is 763. The Morgan fingerprint density at radius 2 is 1.61 bits per heavy atom. The fourth-order valence-corrected chi connectivity index (χ4v) is 2.41. The average molecular weight is 372 g/mol. The van der Waals surface area contributed by atoms with Crippen LogP contribution in [-0.2, 0) is 9.59 Å². The van der Waals surface area contributed by atoms with Crippen molar-refractivity contribution in [2.75, 3.05) is 10.6 Å². The predicted molar refractivity (Wildman–Crippen MR) is 94.5 cm³/mol. The number of aryl methyl sites for hydroxylation is 1. The molecule has 0 saturated heterocycles. The molecule has 4 nitrogen and oxygen atoms in total. The van der Waals surface area contributed by atoms with Crippen molar-refractivity contribution in [3.8, 4) is 0 Å². The number of nitrogens with one attached hydrogen (secondary N) is 2. The van der Waals surface area contributed by atoms with Crippen LogP contribution in [-0.4, -0.2) is 11.8 Å². The van der Waals surface area contributed by atoms with Crippen LogP contribution in [0.3, 0.4) is 0 Å². The lowest BCUT2D eigenvalue weighted by Crippen LogP contribution is -2.21. The van der Waals surface area contributed by atoms with Gasteiger partial charge in [-0.15, -0.1) is 0 Å². The summed E-state index contributed by atoms with van der Waals surface area (Å²) >= 11 is 17.5. The second-order valence-corrected chi connectivity index (χ2v) is 6.11. The van der Waals surface area contributed by atoms with Crippen LogP contribution in [0.15, 0.2) is 36.4 Å². The van der Waals surface area contributed by atoms with Crippen molar-refractivity contribution in [1.29, 1.82) is 0 Å². The lowest BCUT2D eigenvalue weighted by Gasteiger charge is -2.09. The Morgan fingerprint density at radius 1 is 0.913 bits per heavy atom. The molecular weight excluding hydrogens is 359 g/mol. The molecule has 0 unspecified atom stereocenters. The maximum Gasteiger partial charge on any atom is 0.233 e. The van der Waals surface area contributed by atoms with E-state index in [9.17, 15) is 9.59 Å². The van der Waals surface area contributed by atoms with Gasteiger partial charge in [-0.2, -0.15) is 0 Å². The summed E-state index contributed by atoms with van der Waals surface area (Å²) in [7, 11) is 0. The molecule has 0 atom stereocenters. The Labute approximate surface area is 148 Å². The van der Waals surface area contributed by atoms with Crippen molar-refractivity contribution in [2.45, 2.75) is 13.3 Å². The smallest absolute Gasteiger partial charge is 0.233 e. The van der Waals surface area contributed by atoms with Crippen LogP contribution in [0.2, 0.25) is 15.1 Å². The van der Waals surface area contributed by atoms with E-state index in [4.69, 9.17) is 34.8 Å². The van der Waals surface area contributed by atoms with Gasteiger partial charge in [-0.1, -0.05) is 34.8 Å². The van der Waals surface area contributed by atoms with Crippen molar-refractivity contribution in [2.24, 2.45) is 0 Å². The molecule has 0 saturated carbocycles. The molecule has 0 heterocycles. The molecule has 2 aromatic carbocycles. The van der Waals surface area contributed by atoms with Gasteiger partial charge in [0.2, 0.25) is 11.8 Å². The molecule has 0 bridgehead atoms. The van der Waals surface area contributed by atoms with E-state index in [1.54, 1.807) is 30.3 Å². The van der Waals surface area contributed by atoms with Gasteiger partial charge in [-0.05, 0) is 48.9 Å². The minimum absolute atomic E-state index is 0.317. The van der Waals surface area contributed by atoms with Crippen LogP contribution in [0, 0.1) is 6.92 Å². The van der Waals surface area contributed by atoms with Gasteiger partial charge >= 0.3 is 0 Å². The van der Waals surface area contributed by atoms with Gasteiger partial charge in [0.05, 0.1) is 10.0 Å². The summed E-state index contributed by atoms with van der Waals surface area (Å²) in [6.45, 7) is 1.82. The topological polar surface area (TPSA) is 58.2 Å². The third-order valence-electron chi connectivity index (χ3n) is 2.99. The monoisotopic (exact) mass is 370 g/mol. The number of hydrogen-bond acceptors (Lipinski definition) is 2. The summed E-state index contributed by atoms with van der Waals surface area (Å²) in [5, 5.41) is 6.55. The highest BCUT2D eigenvalue weighted by molar-refractivity contribution is 6.42. The number of amides is 2. The molecule has 2 rings (SSSR count). The zero-order valence-corrected chi connectivity index (χ0v) is 14.4. The maximum absolute atomic E-state index is 11.9. The highest BCUT2D eigenvalue weighted by Gasteiger charge is 2.12. The lowest BCUT2D eigenvalue weighted by atomic mass is 10.2. The molecule has 2 N–H and O–H groups in total. The van der Waals surface area contributed by atoms with Gasteiger partial charge in [-0.3, -0.25) is 9.59 Å². The van der Waals surface area contributed by atoms with Crippen LogP contribution in [0.4, 0.5) is 11.4 Å². The van der Waals surface area contributed by atoms with Crippen molar-refractivity contribution < 1.29 is 9.59 Å². The first kappa shape index (κ1) is 17.6. The Morgan fingerprint density at radius 3 is 2.26 bits per heavy atom. The van der Waals surface area contributed by atoms with Gasteiger partial charge in [0, 0.05) is 16.4 Å². The second kappa shape index (κ2) is 7.68. The molecule has 120 valence electrons. The molecule has 0 aliphatic heterocycles. The zero-order valence-electron chi connectivity index (χ0n) is 12.1. The third kappa shape index (κ3) is 5.13. The first-order chi connectivity index (χ1) is 10.8. The summed E-state index contributed by atoms with van der Waals surface area (Å²) < 4.78 is 0. The number of anilines is 2. The van der Waals surface area contributed by atoms with E-state index in [2.05, 4.69) is 10.6 Å². The van der Waals surface area contributed by atoms with E-state index in [-0.39, 0.29) is 6.42 Å². The lowest BCUT2D eigenvalue weighted by molar-refractivity contribution is -0.123. The van der Waals surface area contributed by atoms with Crippen molar-refractivity contribution in [3.63, 3.8) is 0 Å². The Kier molecular flexibility index (Phi) is 5.88. The van der Waals surface area contributed by atoms with Crippen LogP contribution in [0.25, 0.3) is 0 Å². The highest BCUT2D eigenvalue weighted by atomic mass is 35.5. The summed E-state index contributed by atoms with van der Waals surface area (Å²) in [6, 6.07) is 9.77. The van der Waals surface area contributed by atoms with Gasteiger partial charge in [-0.25, -0.2) is 0 Å². The van der Waals surface area contributed by atoms with Crippen LogP contribution >= 0.6 is 34.8 Å². The largest absolute Gasteiger partial charge is 0.326 e. The fourth-order valence-electron chi connectivity index (χ4n) is 1.89. The van der Waals surface area contributed by atoms with Gasteiger partial charge in [0.15, 0.2) is 0 Å². The van der Waals surface area contributed by atoms with Gasteiger partial charge in [0.25, 0.3) is 0 Å². The number of hydrogen-bond donors (Lipinski definition) is 2. The molecule has 0 aromatic heterocycles. The van der Waals surface area contributed by atoms with E-state index in [1.165, 1.54) is 6.07 Å². The molecule has 2 amide bonds. The fraction of sp³-hybridized carbons (Fsp3) is 0.125. The van der Waals surface area contributed by atoms with Crippen molar-refractivity contribution in [1.82, 2.24) is 0 Å². The van der Waals surface area contributed by atoms with E-state index >= 15 is 0 Å². The second-order valence-electron chi connectivity index (χ2n) is 4.86. The van der Waals surface area contributed by atoms with E-state index in [1.807, 2.05) is 6.92 Å². The molecule has 7 heteroatoms. The van der Waals surface area contributed by atoms with Gasteiger partial charge < -0.3 is 10.6 Å². The third-order valence-corrected chi connectivity index (χ3v) is 3.96. The van der Waals surface area contributed by atoms with E-state index in [0.29, 0.717) is 26.4 Å². The molecule has 0 radical (unpaired) electrons. The van der Waals surface area contributed by atoms with Crippen LogP contribution < -0.4 is 10.6 Å². The van der Waals surface area contributed by atoms with Crippen molar-refractivity contribution in [3.05, 3.63) is 57.0 Å². The minimum atomic E-state index is -0.451. The average Bonchev–Trinajstić information content (AvgIpc) is 2.46. The number of halogens is 3. The van der Waals surface area contributed by atoms with Crippen LogP contribution in [0.1, 0.15) is 12.0 Å². The van der Waals surface area contributed by atoms with Crippen molar-refractivity contribution >= 4 is 58.0 Å². The summed E-state index contributed by atoms with van der Waals surface area (Å²) in [5.41, 5.74) is 1.90. The number of carbonyl (C=O) groups excluding carboxylic acids is 2. The number of rotatable bonds is 4. The molecule has 2 aromatic rings. The SMILES string of the molecule is Cc1cc(Cl)ccc1NC(=O)CC(=O)Nc1ccc(Cl)c(Cl)c1. The number of carbonyl (C=O) groups is 2. The highest BCUT2D eigenvalue weighted by Crippen LogP contribution is 2.25. The molecule has 0 spiro atoms. The van der Waals surface area contributed by atoms with Gasteiger partial charge in [0.1, 0.15) is 6.42 Å². The summed E-state index contributed by atoms with van der Waals surface area (Å²) in [5.74, 6) is -0.875. The normalized spacial score (nSPS) is 10.3. The van der Waals surface area contributed by atoms with E-state index < -0.39 is 11.8 Å². The Hall–Kier alpha value is -1.75. The molecular formula is C16H13Cl3N2O2. The minimum Gasteiger partial charge on any atom is -0.326 e. The number of benzene rings is 2. The van der Waals surface area contributed by atoms with Crippen LogP contribution in [0.5, 0.6) is 0 Å². The molecule has 0 fully saturated rings. The zero-order chi connectivity index (χ0) is 17.0. The first-order valence-electron chi connectivity index (χ1n) is 6.66. The quantitative estimate of drug-likeness (QED) is 0.749. The molecule has 23 heavy (non-hydrogen) atoms. The maximum atomic E-state index is 11.9. The standard InChI is InChI=1S/C16H13Cl3N2O2/c1-9-6-10(17)2-5-14(9)21-16(23)8-15(22)20-11-3-4-12(18)13(19)7-11/h2-7H,8H2,1H3,(H,20,22)(H,21,23). The van der Waals surface area contributed by atoms with E-state index in [0.717, 1.165) is 5.56 Å². The molecule has 0 aliphatic carbocycles. The predicted octanol–water partition coefficient (Wildman–Crippen LogP) is 4.92. The summed E-state index contributed by atoms with van der Waals surface area (Å²) in [6.07, 6.45) is -0.317.